The number of thiol groups is 1. The fraction of sp³-hybridized carbons (Fsp3) is 1.00. The van der Waals surface area contributed by atoms with Crippen LogP contribution in [0.25, 0.3) is 0 Å². The van der Waals surface area contributed by atoms with Gasteiger partial charge in [-0.25, -0.2) is 0 Å². The zero-order valence-electron chi connectivity index (χ0n) is 6.64. The number of hydrogen-bond acceptors (Lipinski definition) is 3. The summed E-state index contributed by atoms with van der Waals surface area (Å²) in [6, 6.07) is 0. The van der Waals surface area contributed by atoms with Crippen LogP contribution < -0.4 is 11.5 Å². The van der Waals surface area contributed by atoms with Gasteiger partial charge in [-0.05, 0) is 26.3 Å². The van der Waals surface area contributed by atoms with E-state index in [2.05, 4.69) is 12.6 Å². The molecule has 10 heavy (non-hydrogen) atoms. The van der Waals surface area contributed by atoms with Crippen molar-refractivity contribution in [1.82, 2.24) is 0 Å². The highest BCUT2D eigenvalue weighted by molar-refractivity contribution is 7.81. The molecule has 0 saturated carbocycles. The van der Waals surface area contributed by atoms with Crippen molar-refractivity contribution >= 4 is 12.6 Å². The molecule has 1 unspecified atom stereocenters. The molecule has 0 aromatic heterocycles. The Balaban J connectivity index is 3.04. The second-order valence-corrected chi connectivity index (χ2v) is 3.98. The van der Waals surface area contributed by atoms with Crippen LogP contribution in [0, 0.1) is 0 Å². The highest BCUT2D eigenvalue weighted by atomic mass is 32.1. The molecule has 0 radical (unpaired) electrons. The van der Waals surface area contributed by atoms with Crippen LogP contribution in [0.2, 0.25) is 0 Å². The summed E-state index contributed by atoms with van der Waals surface area (Å²) in [5.41, 5.74) is 11.0. The fourth-order valence-electron chi connectivity index (χ4n) is 0.804. The van der Waals surface area contributed by atoms with Crippen molar-refractivity contribution < 1.29 is 0 Å². The van der Waals surface area contributed by atoms with Gasteiger partial charge in [-0.3, -0.25) is 0 Å². The van der Waals surface area contributed by atoms with Crippen LogP contribution >= 0.6 is 12.6 Å². The topological polar surface area (TPSA) is 52.0 Å². The quantitative estimate of drug-likeness (QED) is 0.322. The van der Waals surface area contributed by atoms with Crippen molar-refractivity contribution in [2.75, 3.05) is 6.54 Å². The number of unbranched alkanes of at least 4 members (excludes halogenated alkanes) is 2. The van der Waals surface area contributed by atoms with Gasteiger partial charge in [0.15, 0.2) is 0 Å². The molecule has 2 nitrogen and oxygen atoms in total. The fourth-order valence-corrected chi connectivity index (χ4v) is 0.962. The van der Waals surface area contributed by atoms with E-state index in [0.717, 1.165) is 25.8 Å². The van der Waals surface area contributed by atoms with E-state index in [4.69, 9.17) is 11.5 Å². The van der Waals surface area contributed by atoms with Crippen LogP contribution in [0.15, 0.2) is 0 Å². The molecule has 3 heteroatoms. The summed E-state index contributed by atoms with van der Waals surface area (Å²) in [5.74, 6) is 0. The van der Waals surface area contributed by atoms with Gasteiger partial charge in [0.05, 0.1) is 4.87 Å². The number of hydrogen-bond donors (Lipinski definition) is 3. The van der Waals surface area contributed by atoms with Crippen molar-refractivity contribution in [1.29, 1.82) is 0 Å². The van der Waals surface area contributed by atoms with E-state index in [1.54, 1.807) is 0 Å². The second-order valence-electron chi connectivity index (χ2n) is 2.96. The Hall–Kier alpha value is 0.270. The molecule has 0 aliphatic carbocycles. The third kappa shape index (κ3) is 8.27. The summed E-state index contributed by atoms with van der Waals surface area (Å²) >= 11 is 4.20. The van der Waals surface area contributed by atoms with Gasteiger partial charge in [-0.15, -0.1) is 0 Å². The molecule has 0 saturated heterocycles. The highest BCUT2D eigenvalue weighted by Crippen LogP contribution is 2.14. The van der Waals surface area contributed by atoms with E-state index in [9.17, 15) is 0 Å². The first-order valence-electron chi connectivity index (χ1n) is 3.77. The normalized spacial score (nSPS) is 16.8. The standard InChI is InChI=1S/C7H18N2S/c1-7(9,10)5-3-2-4-6-8/h10H,2-6,8-9H2,1H3. The molecule has 0 aromatic carbocycles. The summed E-state index contributed by atoms with van der Waals surface area (Å²) in [7, 11) is 0. The Morgan fingerprint density at radius 2 is 1.90 bits per heavy atom. The highest BCUT2D eigenvalue weighted by Gasteiger charge is 2.09. The van der Waals surface area contributed by atoms with Crippen molar-refractivity contribution in [2.24, 2.45) is 11.5 Å². The Bertz CT molecular complexity index is 78.2. The number of rotatable bonds is 5. The van der Waals surface area contributed by atoms with E-state index in [1.807, 2.05) is 6.92 Å². The zero-order valence-corrected chi connectivity index (χ0v) is 7.53. The minimum Gasteiger partial charge on any atom is -0.330 e. The summed E-state index contributed by atoms with van der Waals surface area (Å²) < 4.78 is 0. The van der Waals surface area contributed by atoms with Gasteiger partial charge in [0.1, 0.15) is 0 Å². The molecule has 0 aliphatic heterocycles. The molecule has 62 valence electrons. The van der Waals surface area contributed by atoms with Crippen LogP contribution in [0.5, 0.6) is 0 Å². The third-order valence-electron chi connectivity index (χ3n) is 1.39. The van der Waals surface area contributed by atoms with Gasteiger partial charge >= 0.3 is 0 Å². The minimum atomic E-state index is -0.297. The lowest BCUT2D eigenvalue weighted by atomic mass is 10.1. The van der Waals surface area contributed by atoms with Gasteiger partial charge in [0, 0.05) is 0 Å². The van der Waals surface area contributed by atoms with Crippen molar-refractivity contribution in [3.63, 3.8) is 0 Å². The van der Waals surface area contributed by atoms with Crippen molar-refractivity contribution in [2.45, 2.75) is 37.5 Å². The molecule has 0 heterocycles. The van der Waals surface area contributed by atoms with E-state index in [1.165, 1.54) is 6.42 Å². The molecule has 0 rings (SSSR count). The maximum absolute atomic E-state index is 5.65. The Kier molecular flexibility index (Phi) is 5.13. The number of nitrogens with two attached hydrogens (primary N) is 2. The monoisotopic (exact) mass is 162 g/mol. The zero-order chi connectivity index (χ0) is 8.04. The van der Waals surface area contributed by atoms with E-state index < -0.39 is 0 Å². The molecular weight excluding hydrogens is 144 g/mol. The largest absolute Gasteiger partial charge is 0.330 e. The Morgan fingerprint density at radius 3 is 2.30 bits per heavy atom. The van der Waals surface area contributed by atoms with Crippen LogP contribution in [0.4, 0.5) is 0 Å². The lowest BCUT2D eigenvalue weighted by molar-refractivity contribution is 0.551. The molecule has 4 N–H and O–H groups in total. The second kappa shape index (κ2) is 4.99. The summed E-state index contributed by atoms with van der Waals surface area (Å²) in [5, 5.41) is 0. The molecule has 0 bridgehead atoms. The van der Waals surface area contributed by atoms with Crippen molar-refractivity contribution in [3.8, 4) is 0 Å². The van der Waals surface area contributed by atoms with E-state index >= 15 is 0 Å². The lowest BCUT2D eigenvalue weighted by Gasteiger charge is -2.16. The van der Waals surface area contributed by atoms with Gasteiger partial charge in [0.2, 0.25) is 0 Å². The van der Waals surface area contributed by atoms with Gasteiger partial charge in [-0.1, -0.05) is 12.8 Å². The molecular formula is C7H18N2S. The van der Waals surface area contributed by atoms with Crippen LogP contribution in [0.1, 0.15) is 32.6 Å². The first kappa shape index (κ1) is 10.3. The lowest BCUT2D eigenvalue weighted by Crippen LogP contribution is -2.28. The van der Waals surface area contributed by atoms with E-state index in [0.29, 0.717) is 0 Å². The van der Waals surface area contributed by atoms with E-state index in [-0.39, 0.29) is 4.87 Å². The molecule has 1 atom stereocenters. The predicted octanol–water partition coefficient (Wildman–Crippen LogP) is 1.11. The maximum Gasteiger partial charge on any atom is 0.0562 e. The van der Waals surface area contributed by atoms with Crippen LogP contribution in [-0.4, -0.2) is 11.4 Å². The first-order chi connectivity index (χ1) is 4.56. The van der Waals surface area contributed by atoms with Crippen LogP contribution in [0.3, 0.4) is 0 Å². The first-order valence-corrected chi connectivity index (χ1v) is 4.22. The van der Waals surface area contributed by atoms with Gasteiger partial charge in [0.25, 0.3) is 0 Å². The molecule has 0 spiro atoms. The summed E-state index contributed by atoms with van der Waals surface area (Å²) in [6.07, 6.45) is 4.37. The molecule has 0 aliphatic rings. The Morgan fingerprint density at radius 1 is 1.30 bits per heavy atom. The summed E-state index contributed by atoms with van der Waals surface area (Å²) in [6.45, 7) is 2.71. The van der Waals surface area contributed by atoms with Crippen LogP contribution in [-0.2, 0) is 0 Å². The molecule has 0 aromatic rings. The summed E-state index contributed by atoms with van der Waals surface area (Å²) in [4.78, 5) is -0.297. The minimum absolute atomic E-state index is 0.297. The Labute approximate surface area is 68.8 Å². The van der Waals surface area contributed by atoms with Gasteiger partial charge < -0.3 is 11.5 Å². The average Bonchev–Trinajstić information content (AvgIpc) is 1.78. The SMILES string of the molecule is CC(N)(S)CCCCCN. The smallest absolute Gasteiger partial charge is 0.0562 e. The average molecular weight is 162 g/mol. The van der Waals surface area contributed by atoms with Crippen molar-refractivity contribution in [3.05, 3.63) is 0 Å². The predicted molar refractivity (Wildman–Crippen MR) is 49.1 cm³/mol. The maximum atomic E-state index is 5.65. The third-order valence-corrected chi connectivity index (χ3v) is 1.61. The molecule has 0 amide bonds. The molecule has 0 fully saturated rings. The van der Waals surface area contributed by atoms with Gasteiger partial charge in [-0.2, -0.15) is 12.6 Å².